The maximum absolute atomic E-state index is 10.8. The summed E-state index contributed by atoms with van der Waals surface area (Å²) in [6.45, 7) is 0.350. The fraction of sp³-hybridized carbons (Fsp3) is 0.111. The Morgan fingerprint density at radius 1 is 1.46 bits per heavy atom. The Morgan fingerprint density at radius 2 is 2.31 bits per heavy atom. The van der Waals surface area contributed by atoms with Gasteiger partial charge in [-0.3, -0.25) is 4.79 Å². The van der Waals surface area contributed by atoms with Gasteiger partial charge in [-0.25, -0.2) is 4.79 Å². The summed E-state index contributed by atoms with van der Waals surface area (Å²) in [6.07, 6.45) is 0.273. The number of hydrogen-bond acceptors (Lipinski definition) is 3. The molecule has 13 heavy (non-hydrogen) atoms. The lowest BCUT2D eigenvalue weighted by Crippen LogP contribution is -2.31. The van der Waals surface area contributed by atoms with Crippen LogP contribution in [0.2, 0.25) is 0 Å². The van der Waals surface area contributed by atoms with Gasteiger partial charge in [-0.15, -0.1) is 0 Å². The van der Waals surface area contributed by atoms with Crippen LogP contribution in [-0.2, 0) is 6.54 Å². The molecule has 1 amide bonds. The molecule has 0 spiro atoms. The van der Waals surface area contributed by atoms with Crippen LogP contribution in [0.15, 0.2) is 18.2 Å². The van der Waals surface area contributed by atoms with Crippen molar-refractivity contribution in [2.45, 2.75) is 6.54 Å². The molecule has 4 heteroatoms. The van der Waals surface area contributed by atoms with Crippen molar-refractivity contribution in [2.24, 2.45) is 0 Å². The van der Waals surface area contributed by atoms with Crippen LogP contribution in [0, 0.1) is 0 Å². The summed E-state index contributed by atoms with van der Waals surface area (Å²) in [5, 5.41) is 2.49. The number of nitrogens with one attached hydrogen (secondary N) is 1. The smallest absolute Gasteiger partial charge is 0.410 e. The molecule has 1 aliphatic heterocycles. The van der Waals surface area contributed by atoms with Gasteiger partial charge in [0.25, 0.3) is 0 Å². The number of carbonyl (C=O) groups is 2. The van der Waals surface area contributed by atoms with Gasteiger partial charge in [-0.05, 0) is 6.07 Å². The third kappa shape index (κ3) is 1.26. The van der Waals surface area contributed by atoms with Crippen molar-refractivity contribution in [3.63, 3.8) is 0 Å². The van der Waals surface area contributed by atoms with E-state index < -0.39 is 6.09 Å². The number of fused-ring (bicyclic) bond motifs is 1. The second-order valence-corrected chi connectivity index (χ2v) is 2.68. The van der Waals surface area contributed by atoms with Gasteiger partial charge in [0.05, 0.1) is 6.54 Å². The third-order valence-electron chi connectivity index (χ3n) is 1.91. The van der Waals surface area contributed by atoms with Crippen molar-refractivity contribution < 1.29 is 14.3 Å². The van der Waals surface area contributed by atoms with Crippen LogP contribution in [0.25, 0.3) is 0 Å². The van der Waals surface area contributed by atoms with Crippen LogP contribution in [0.1, 0.15) is 15.9 Å². The van der Waals surface area contributed by atoms with E-state index in [4.69, 9.17) is 4.74 Å². The van der Waals surface area contributed by atoms with E-state index in [1.807, 2.05) is 0 Å². The molecule has 0 atom stereocenters. The molecule has 0 unspecified atom stereocenters. The Bertz CT molecular complexity index is 373. The summed E-state index contributed by atoms with van der Waals surface area (Å²) >= 11 is 0. The van der Waals surface area contributed by atoms with Crippen molar-refractivity contribution in [3.05, 3.63) is 29.3 Å². The first-order valence-electron chi connectivity index (χ1n) is 3.84. The molecular weight excluding hydrogens is 170 g/mol. The van der Waals surface area contributed by atoms with Crippen molar-refractivity contribution in [3.8, 4) is 5.75 Å². The largest absolute Gasteiger partial charge is 0.412 e. The van der Waals surface area contributed by atoms with Gasteiger partial charge in [-0.2, -0.15) is 0 Å². The number of hydrogen-bond donors (Lipinski definition) is 1. The Labute approximate surface area is 74.5 Å². The maximum Gasteiger partial charge on any atom is 0.412 e. The fourth-order valence-electron chi connectivity index (χ4n) is 1.27. The molecule has 66 valence electrons. The van der Waals surface area contributed by atoms with Gasteiger partial charge in [0.1, 0.15) is 5.75 Å². The molecular formula is C9H7NO3. The standard InChI is InChI=1S/C9H7NO3/c11-5-6-2-1-3-8-7(6)4-10-9(12)13-8/h1-3,5H,4H2,(H,10,12). The number of ether oxygens (including phenoxy) is 1. The van der Waals surface area contributed by atoms with E-state index in [9.17, 15) is 9.59 Å². The molecule has 0 saturated carbocycles. The van der Waals surface area contributed by atoms with Crippen molar-refractivity contribution in [2.75, 3.05) is 0 Å². The van der Waals surface area contributed by atoms with Crippen molar-refractivity contribution in [1.29, 1.82) is 0 Å². The summed E-state index contributed by atoms with van der Waals surface area (Å²) in [7, 11) is 0. The van der Waals surface area contributed by atoms with E-state index in [0.717, 1.165) is 11.8 Å². The number of carbonyl (C=O) groups excluding carboxylic acids is 2. The number of rotatable bonds is 1. The molecule has 1 heterocycles. The normalized spacial score (nSPS) is 14.0. The number of aldehydes is 1. The molecule has 0 radical (unpaired) electrons. The van der Waals surface area contributed by atoms with E-state index in [0.29, 0.717) is 17.9 Å². The van der Waals surface area contributed by atoms with E-state index >= 15 is 0 Å². The van der Waals surface area contributed by atoms with Gasteiger partial charge >= 0.3 is 6.09 Å². The van der Waals surface area contributed by atoms with Gasteiger partial charge in [-0.1, -0.05) is 12.1 Å². The first-order chi connectivity index (χ1) is 6.31. The molecule has 1 aliphatic rings. The van der Waals surface area contributed by atoms with Gasteiger partial charge in [0, 0.05) is 11.1 Å². The summed E-state index contributed by atoms with van der Waals surface area (Å²) in [4.78, 5) is 21.4. The lowest BCUT2D eigenvalue weighted by Gasteiger charge is -2.17. The van der Waals surface area contributed by atoms with E-state index in [1.54, 1.807) is 18.2 Å². The van der Waals surface area contributed by atoms with Crippen LogP contribution < -0.4 is 10.1 Å². The Kier molecular flexibility index (Phi) is 1.73. The Hall–Kier alpha value is -1.84. The quantitative estimate of drug-likeness (QED) is 0.653. The molecule has 1 aromatic carbocycles. The average Bonchev–Trinajstić information content (AvgIpc) is 2.16. The summed E-state index contributed by atoms with van der Waals surface area (Å²) < 4.78 is 4.87. The molecule has 1 N–H and O–H groups in total. The minimum atomic E-state index is -0.476. The highest BCUT2D eigenvalue weighted by Crippen LogP contribution is 2.23. The second kappa shape index (κ2) is 2.90. The zero-order valence-corrected chi connectivity index (χ0v) is 6.74. The fourth-order valence-corrected chi connectivity index (χ4v) is 1.27. The van der Waals surface area contributed by atoms with Crippen LogP contribution in [0.3, 0.4) is 0 Å². The predicted octanol–water partition coefficient (Wildman–Crippen LogP) is 1.10. The molecule has 2 rings (SSSR count). The summed E-state index contributed by atoms with van der Waals surface area (Å²) in [5.41, 5.74) is 1.29. The number of benzene rings is 1. The van der Waals surface area contributed by atoms with E-state index in [-0.39, 0.29) is 0 Å². The predicted molar refractivity (Wildman–Crippen MR) is 44.7 cm³/mol. The molecule has 0 bridgehead atoms. The van der Waals surface area contributed by atoms with E-state index in [1.165, 1.54) is 0 Å². The lowest BCUT2D eigenvalue weighted by atomic mass is 10.1. The monoisotopic (exact) mass is 177 g/mol. The topological polar surface area (TPSA) is 55.4 Å². The van der Waals surface area contributed by atoms with Crippen LogP contribution in [0.4, 0.5) is 4.79 Å². The minimum Gasteiger partial charge on any atom is -0.410 e. The zero-order valence-electron chi connectivity index (χ0n) is 6.74. The summed E-state index contributed by atoms with van der Waals surface area (Å²) in [5.74, 6) is 0.466. The van der Waals surface area contributed by atoms with Crippen molar-refractivity contribution in [1.82, 2.24) is 5.32 Å². The minimum absolute atomic E-state index is 0.350. The molecule has 0 saturated heterocycles. The first kappa shape index (κ1) is 7.79. The molecule has 0 aromatic heterocycles. The summed E-state index contributed by atoms with van der Waals surface area (Å²) in [6, 6.07) is 5.04. The van der Waals surface area contributed by atoms with Crippen LogP contribution >= 0.6 is 0 Å². The number of amides is 1. The lowest BCUT2D eigenvalue weighted by molar-refractivity contribution is 0.112. The molecule has 1 aromatic rings. The van der Waals surface area contributed by atoms with Gasteiger partial charge in [0.2, 0.25) is 0 Å². The molecule has 0 fully saturated rings. The first-order valence-corrected chi connectivity index (χ1v) is 3.84. The van der Waals surface area contributed by atoms with Crippen LogP contribution in [0.5, 0.6) is 5.75 Å². The molecule has 4 nitrogen and oxygen atoms in total. The highest BCUT2D eigenvalue weighted by Gasteiger charge is 2.17. The zero-order chi connectivity index (χ0) is 9.26. The molecule has 0 aliphatic carbocycles. The SMILES string of the molecule is O=Cc1cccc2c1CNC(=O)O2. The van der Waals surface area contributed by atoms with Gasteiger partial charge < -0.3 is 10.1 Å². The van der Waals surface area contributed by atoms with Crippen molar-refractivity contribution >= 4 is 12.4 Å². The Balaban J connectivity index is 2.51. The Morgan fingerprint density at radius 3 is 3.08 bits per heavy atom. The van der Waals surface area contributed by atoms with Gasteiger partial charge in [0.15, 0.2) is 6.29 Å². The highest BCUT2D eigenvalue weighted by atomic mass is 16.6. The highest BCUT2D eigenvalue weighted by molar-refractivity contribution is 5.81. The average molecular weight is 177 g/mol. The van der Waals surface area contributed by atoms with E-state index in [2.05, 4.69) is 5.32 Å². The second-order valence-electron chi connectivity index (χ2n) is 2.68. The maximum atomic E-state index is 10.8. The van der Waals surface area contributed by atoms with Crippen LogP contribution in [-0.4, -0.2) is 12.4 Å². The third-order valence-corrected chi connectivity index (χ3v) is 1.91.